The second-order valence-electron chi connectivity index (χ2n) is 3.20. The van der Waals surface area contributed by atoms with Crippen molar-refractivity contribution >= 4 is 21.8 Å². The molecule has 1 aromatic carbocycles. The Morgan fingerprint density at radius 2 is 2.13 bits per heavy atom. The van der Waals surface area contributed by atoms with Crippen LogP contribution in [0.3, 0.4) is 0 Å². The van der Waals surface area contributed by atoms with Crippen LogP contribution in [-0.2, 0) is 0 Å². The van der Waals surface area contributed by atoms with Gasteiger partial charge in [0.15, 0.2) is 0 Å². The molecule has 0 N–H and O–H groups in total. The van der Waals surface area contributed by atoms with Crippen LogP contribution in [-0.4, -0.2) is 23.9 Å². The van der Waals surface area contributed by atoms with Crippen LogP contribution in [0.2, 0.25) is 0 Å². The minimum atomic E-state index is -0.426. The molecule has 1 unspecified atom stereocenters. The summed E-state index contributed by atoms with van der Waals surface area (Å²) >= 11 is 3.31. The summed E-state index contributed by atoms with van der Waals surface area (Å²) in [6.45, 7) is 1.69. The monoisotopic (exact) mass is 266 g/mol. The van der Waals surface area contributed by atoms with Crippen LogP contribution in [0, 0.1) is 11.3 Å². The van der Waals surface area contributed by atoms with Crippen molar-refractivity contribution in [3.63, 3.8) is 0 Å². The Hall–Kier alpha value is -1.34. The number of nitrogens with zero attached hydrogens (tertiary/aromatic N) is 2. The molecule has 0 aliphatic heterocycles. The largest absolute Gasteiger partial charge is 0.326 e. The smallest absolute Gasteiger partial charge is 0.255 e. The van der Waals surface area contributed by atoms with E-state index < -0.39 is 6.04 Å². The lowest BCUT2D eigenvalue weighted by Crippen LogP contribution is -2.34. The zero-order valence-electron chi connectivity index (χ0n) is 8.57. The van der Waals surface area contributed by atoms with E-state index in [0.29, 0.717) is 5.56 Å². The van der Waals surface area contributed by atoms with Gasteiger partial charge in [0.2, 0.25) is 0 Å². The zero-order chi connectivity index (χ0) is 11.4. The van der Waals surface area contributed by atoms with Crippen LogP contribution in [0.5, 0.6) is 0 Å². The molecule has 1 atom stereocenters. The second-order valence-corrected chi connectivity index (χ2v) is 4.06. The fourth-order valence-corrected chi connectivity index (χ4v) is 1.54. The minimum absolute atomic E-state index is 0.156. The summed E-state index contributed by atoms with van der Waals surface area (Å²) in [5.74, 6) is -0.156. The third kappa shape index (κ3) is 2.57. The molecule has 0 aliphatic carbocycles. The Labute approximate surface area is 97.4 Å². The van der Waals surface area contributed by atoms with Crippen molar-refractivity contribution in [3.8, 4) is 6.07 Å². The SMILES string of the molecule is CC(C#N)N(C)C(=O)c1ccccc1Br. The van der Waals surface area contributed by atoms with Crippen molar-refractivity contribution in [1.82, 2.24) is 4.90 Å². The molecule has 0 saturated carbocycles. The molecule has 1 rings (SSSR count). The van der Waals surface area contributed by atoms with Crippen molar-refractivity contribution in [2.75, 3.05) is 7.05 Å². The molecule has 15 heavy (non-hydrogen) atoms. The van der Waals surface area contributed by atoms with Gasteiger partial charge in [-0.15, -0.1) is 0 Å². The molecule has 78 valence electrons. The summed E-state index contributed by atoms with van der Waals surface area (Å²) in [4.78, 5) is 13.3. The standard InChI is InChI=1S/C11H11BrN2O/c1-8(7-13)14(2)11(15)9-5-3-4-6-10(9)12/h3-6,8H,1-2H3. The van der Waals surface area contributed by atoms with Gasteiger partial charge in [0, 0.05) is 11.5 Å². The molecule has 0 aliphatic rings. The van der Waals surface area contributed by atoms with E-state index in [1.54, 1.807) is 32.2 Å². The molecule has 0 spiro atoms. The van der Waals surface area contributed by atoms with Crippen molar-refractivity contribution < 1.29 is 4.79 Å². The molecule has 0 bridgehead atoms. The zero-order valence-corrected chi connectivity index (χ0v) is 10.2. The molecule has 1 aromatic rings. The molecule has 0 aromatic heterocycles. The van der Waals surface area contributed by atoms with Crippen molar-refractivity contribution in [1.29, 1.82) is 5.26 Å². The predicted molar refractivity (Wildman–Crippen MR) is 61.3 cm³/mol. The van der Waals surface area contributed by atoms with E-state index in [1.165, 1.54) is 4.90 Å². The number of rotatable bonds is 2. The Morgan fingerprint density at radius 1 is 1.53 bits per heavy atom. The minimum Gasteiger partial charge on any atom is -0.326 e. The second kappa shape index (κ2) is 4.94. The number of hydrogen-bond acceptors (Lipinski definition) is 2. The predicted octanol–water partition coefficient (Wildman–Crippen LogP) is 2.43. The van der Waals surface area contributed by atoms with Crippen LogP contribution in [0.1, 0.15) is 17.3 Å². The Morgan fingerprint density at radius 3 is 2.67 bits per heavy atom. The van der Waals surface area contributed by atoms with Gasteiger partial charge in [0.25, 0.3) is 5.91 Å². The van der Waals surface area contributed by atoms with E-state index in [4.69, 9.17) is 5.26 Å². The molecule has 0 saturated heterocycles. The average molecular weight is 267 g/mol. The molecule has 0 fully saturated rings. The van der Waals surface area contributed by atoms with Crippen LogP contribution >= 0.6 is 15.9 Å². The highest BCUT2D eigenvalue weighted by molar-refractivity contribution is 9.10. The van der Waals surface area contributed by atoms with Gasteiger partial charge in [-0.3, -0.25) is 4.79 Å². The third-order valence-corrected chi connectivity index (χ3v) is 2.88. The van der Waals surface area contributed by atoms with E-state index >= 15 is 0 Å². The number of nitriles is 1. The number of carbonyl (C=O) groups excluding carboxylic acids is 1. The maximum atomic E-state index is 11.9. The van der Waals surface area contributed by atoms with E-state index in [0.717, 1.165) is 4.47 Å². The maximum Gasteiger partial charge on any atom is 0.255 e. The van der Waals surface area contributed by atoms with Crippen LogP contribution < -0.4 is 0 Å². The summed E-state index contributed by atoms with van der Waals surface area (Å²) in [5.41, 5.74) is 0.571. The van der Waals surface area contributed by atoms with Gasteiger partial charge in [-0.2, -0.15) is 5.26 Å². The molecule has 0 radical (unpaired) electrons. The Bertz CT molecular complexity index is 411. The first-order valence-corrected chi connectivity index (χ1v) is 5.28. The highest BCUT2D eigenvalue weighted by atomic mass is 79.9. The van der Waals surface area contributed by atoms with Gasteiger partial charge in [-0.25, -0.2) is 0 Å². The summed E-state index contributed by atoms with van der Waals surface area (Å²) in [5, 5.41) is 8.71. The van der Waals surface area contributed by atoms with E-state index in [9.17, 15) is 4.79 Å². The summed E-state index contributed by atoms with van der Waals surface area (Å²) in [6, 6.07) is 8.77. The fraction of sp³-hybridized carbons (Fsp3) is 0.273. The number of carbonyl (C=O) groups is 1. The quantitative estimate of drug-likeness (QED) is 0.826. The normalized spacial score (nSPS) is 11.6. The lowest BCUT2D eigenvalue weighted by Gasteiger charge is -2.19. The van der Waals surface area contributed by atoms with Gasteiger partial charge in [0.05, 0.1) is 11.6 Å². The van der Waals surface area contributed by atoms with Crippen molar-refractivity contribution in [3.05, 3.63) is 34.3 Å². The number of halogens is 1. The van der Waals surface area contributed by atoms with E-state index in [2.05, 4.69) is 15.9 Å². The van der Waals surface area contributed by atoms with E-state index in [1.807, 2.05) is 12.1 Å². The highest BCUT2D eigenvalue weighted by Crippen LogP contribution is 2.18. The third-order valence-electron chi connectivity index (χ3n) is 2.19. The molecular formula is C11H11BrN2O. The first-order chi connectivity index (χ1) is 7.07. The first kappa shape index (κ1) is 11.7. The average Bonchev–Trinajstić information content (AvgIpc) is 2.26. The van der Waals surface area contributed by atoms with Gasteiger partial charge in [-0.1, -0.05) is 12.1 Å². The first-order valence-electron chi connectivity index (χ1n) is 4.49. The van der Waals surface area contributed by atoms with Gasteiger partial charge in [0.1, 0.15) is 6.04 Å². The number of hydrogen-bond donors (Lipinski definition) is 0. The van der Waals surface area contributed by atoms with Crippen LogP contribution in [0.4, 0.5) is 0 Å². The van der Waals surface area contributed by atoms with Crippen molar-refractivity contribution in [2.45, 2.75) is 13.0 Å². The lowest BCUT2D eigenvalue weighted by molar-refractivity contribution is 0.0772. The van der Waals surface area contributed by atoms with Crippen molar-refractivity contribution in [2.24, 2.45) is 0 Å². The van der Waals surface area contributed by atoms with Gasteiger partial charge >= 0.3 is 0 Å². The Balaban J connectivity index is 2.96. The van der Waals surface area contributed by atoms with E-state index in [-0.39, 0.29) is 5.91 Å². The van der Waals surface area contributed by atoms with Gasteiger partial charge < -0.3 is 4.90 Å². The topological polar surface area (TPSA) is 44.1 Å². The van der Waals surface area contributed by atoms with Crippen LogP contribution in [0.25, 0.3) is 0 Å². The van der Waals surface area contributed by atoms with Crippen LogP contribution in [0.15, 0.2) is 28.7 Å². The molecule has 4 heteroatoms. The number of amides is 1. The molecule has 0 heterocycles. The van der Waals surface area contributed by atoms with Gasteiger partial charge in [-0.05, 0) is 35.0 Å². The molecule has 3 nitrogen and oxygen atoms in total. The summed E-state index contributed by atoms with van der Waals surface area (Å²) in [7, 11) is 1.62. The lowest BCUT2D eigenvalue weighted by atomic mass is 10.2. The number of benzene rings is 1. The molecule has 1 amide bonds. The summed E-state index contributed by atoms with van der Waals surface area (Å²) < 4.78 is 0.743. The Kier molecular flexibility index (Phi) is 3.87. The molecular weight excluding hydrogens is 256 g/mol. The fourth-order valence-electron chi connectivity index (χ4n) is 1.09. The maximum absolute atomic E-state index is 11.9. The summed E-state index contributed by atoms with van der Waals surface area (Å²) in [6.07, 6.45) is 0. The highest BCUT2D eigenvalue weighted by Gasteiger charge is 2.18.